The van der Waals surface area contributed by atoms with Crippen molar-refractivity contribution in [2.24, 2.45) is 0 Å². The Morgan fingerprint density at radius 2 is 2.11 bits per heavy atom. The number of halogens is 3. The summed E-state index contributed by atoms with van der Waals surface area (Å²) in [6, 6.07) is 3.29. The Labute approximate surface area is 158 Å². The van der Waals surface area contributed by atoms with Crippen molar-refractivity contribution < 1.29 is 32.2 Å². The molecule has 0 aliphatic carbocycles. The Bertz CT molecular complexity index is 910. The minimum absolute atomic E-state index is 0.157. The van der Waals surface area contributed by atoms with Crippen LogP contribution in [0.4, 0.5) is 18.9 Å². The summed E-state index contributed by atoms with van der Waals surface area (Å²) in [7, 11) is 0. The van der Waals surface area contributed by atoms with Gasteiger partial charge in [0.2, 0.25) is 5.82 Å². The van der Waals surface area contributed by atoms with Crippen molar-refractivity contribution in [3.63, 3.8) is 0 Å². The molecule has 1 aromatic carbocycles. The van der Waals surface area contributed by atoms with Gasteiger partial charge in [-0.05, 0) is 32.9 Å². The molecule has 0 N–H and O–H groups in total. The van der Waals surface area contributed by atoms with Crippen molar-refractivity contribution >= 4 is 17.6 Å². The fourth-order valence-corrected chi connectivity index (χ4v) is 2.99. The molecule has 28 heavy (non-hydrogen) atoms. The maximum Gasteiger partial charge on any atom is 0.450 e. The largest absolute Gasteiger partial charge is 0.479 e. The molecule has 2 atom stereocenters. The van der Waals surface area contributed by atoms with Gasteiger partial charge < -0.3 is 9.47 Å². The quantitative estimate of drug-likeness (QED) is 0.742. The first kappa shape index (κ1) is 19.7. The van der Waals surface area contributed by atoms with Crippen LogP contribution in [0.1, 0.15) is 26.6 Å². The fourth-order valence-electron chi connectivity index (χ4n) is 2.99. The van der Waals surface area contributed by atoms with Gasteiger partial charge in [-0.1, -0.05) is 0 Å². The Hall–Kier alpha value is -3.04. The standard InChI is InChI=1S/C18H18F3N3O4/c1-4-27-16(26)10(2)24-13-6-5-12(9-14(13)28-11(3)15(24)25)23-8-7-22-17(23)18(19,20)21/h5-11H,4H2,1-3H3. The van der Waals surface area contributed by atoms with Crippen LogP contribution in [0.15, 0.2) is 30.6 Å². The highest BCUT2D eigenvalue weighted by atomic mass is 19.4. The van der Waals surface area contributed by atoms with Gasteiger partial charge in [-0.15, -0.1) is 0 Å². The third-order valence-corrected chi connectivity index (χ3v) is 4.28. The first-order valence-corrected chi connectivity index (χ1v) is 8.56. The second kappa shape index (κ2) is 7.17. The number of rotatable bonds is 4. The lowest BCUT2D eigenvalue weighted by molar-refractivity contribution is -0.146. The highest BCUT2D eigenvalue weighted by Gasteiger charge is 2.39. The van der Waals surface area contributed by atoms with Crippen LogP contribution < -0.4 is 9.64 Å². The van der Waals surface area contributed by atoms with Crippen molar-refractivity contribution in [3.05, 3.63) is 36.4 Å². The number of carbonyl (C=O) groups is 2. The lowest BCUT2D eigenvalue weighted by atomic mass is 10.1. The number of hydrogen-bond donors (Lipinski definition) is 0. The molecule has 0 saturated heterocycles. The first-order valence-electron chi connectivity index (χ1n) is 8.56. The van der Waals surface area contributed by atoms with Crippen LogP contribution in [0.5, 0.6) is 5.75 Å². The van der Waals surface area contributed by atoms with E-state index in [2.05, 4.69) is 4.98 Å². The summed E-state index contributed by atoms with van der Waals surface area (Å²) in [5, 5.41) is 0. The van der Waals surface area contributed by atoms with Gasteiger partial charge in [-0.25, -0.2) is 9.78 Å². The number of hydrogen-bond acceptors (Lipinski definition) is 5. The molecule has 2 aromatic rings. The highest BCUT2D eigenvalue weighted by Crippen LogP contribution is 2.38. The predicted octanol–water partition coefficient (Wildman–Crippen LogP) is 2.96. The molecule has 10 heteroatoms. The van der Waals surface area contributed by atoms with E-state index in [4.69, 9.17) is 9.47 Å². The molecule has 0 bridgehead atoms. The monoisotopic (exact) mass is 397 g/mol. The third-order valence-electron chi connectivity index (χ3n) is 4.28. The number of fused-ring (bicyclic) bond motifs is 1. The third kappa shape index (κ3) is 3.41. The molecular weight excluding hydrogens is 379 g/mol. The molecule has 2 unspecified atom stereocenters. The molecule has 1 aliphatic heterocycles. The van der Waals surface area contributed by atoms with Crippen LogP contribution in [0.2, 0.25) is 0 Å². The predicted molar refractivity (Wildman–Crippen MR) is 92.2 cm³/mol. The van der Waals surface area contributed by atoms with E-state index in [-0.39, 0.29) is 23.7 Å². The molecule has 0 saturated carbocycles. The normalized spacial score (nSPS) is 17.7. The second-order valence-electron chi connectivity index (χ2n) is 6.17. The zero-order chi connectivity index (χ0) is 20.6. The van der Waals surface area contributed by atoms with Crippen LogP contribution in [0.25, 0.3) is 5.69 Å². The van der Waals surface area contributed by atoms with E-state index in [1.807, 2.05) is 0 Å². The summed E-state index contributed by atoms with van der Waals surface area (Å²) in [6.45, 7) is 4.83. The van der Waals surface area contributed by atoms with E-state index >= 15 is 0 Å². The van der Waals surface area contributed by atoms with Crippen LogP contribution in [-0.2, 0) is 20.5 Å². The Morgan fingerprint density at radius 3 is 2.75 bits per heavy atom. The zero-order valence-corrected chi connectivity index (χ0v) is 15.4. The van der Waals surface area contributed by atoms with Crippen molar-refractivity contribution in [1.82, 2.24) is 9.55 Å². The molecule has 7 nitrogen and oxygen atoms in total. The molecule has 1 amide bonds. The molecule has 1 aromatic heterocycles. The molecule has 150 valence electrons. The number of benzene rings is 1. The number of alkyl halides is 3. The second-order valence-corrected chi connectivity index (χ2v) is 6.17. The molecule has 0 fully saturated rings. The number of anilines is 1. The summed E-state index contributed by atoms with van der Waals surface area (Å²) in [5.41, 5.74) is 0.440. The molecular formula is C18H18F3N3O4. The van der Waals surface area contributed by atoms with E-state index < -0.39 is 36.0 Å². The molecule has 0 radical (unpaired) electrons. The number of nitrogens with zero attached hydrogens (tertiary/aromatic N) is 3. The minimum atomic E-state index is -4.63. The van der Waals surface area contributed by atoms with Gasteiger partial charge in [0.1, 0.15) is 11.8 Å². The van der Waals surface area contributed by atoms with Crippen molar-refractivity contribution in [3.8, 4) is 11.4 Å². The van der Waals surface area contributed by atoms with E-state index in [0.717, 1.165) is 10.8 Å². The summed E-state index contributed by atoms with van der Waals surface area (Å²) in [6.07, 6.45) is -3.32. The number of ether oxygens (including phenoxy) is 2. The number of amides is 1. The van der Waals surface area contributed by atoms with E-state index in [9.17, 15) is 22.8 Å². The summed E-state index contributed by atoms with van der Waals surface area (Å²) >= 11 is 0. The number of aromatic nitrogens is 2. The van der Waals surface area contributed by atoms with Gasteiger partial charge in [-0.2, -0.15) is 13.2 Å². The fraction of sp³-hybridized carbons (Fsp3) is 0.389. The Morgan fingerprint density at radius 1 is 1.39 bits per heavy atom. The molecule has 2 heterocycles. The maximum atomic E-state index is 13.1. The number of imidazole rings is 1. The topological polar surface area (TPSA) is 73.7 Å². The van der Waals surface area contributed by atoms with Gasteiger partial charge in [-0.3, -0.25) is 14.3 Å². The number of esters is 1. The molecule has 3 rings (SSSR count). The van der Waals surface area contributed by atoms with E-state index in [0.29, 0.717) is 0 Å². The van der Waals surface area contributed by atoms with Crippen molar-refractivity contribution in [2.45, 2.75) is 39.1 Å². The summed E-state index contributed by atoms with van der Waals surface area (Å²) in [5.74, 6) is -1.93. The van der Waals surface area contributed by atoms with E-state index in [1.54, 1.807) is 6.92 Å². The van der Waals surface area contributed by atoms with Gasteiger partial charge in [0.25, 0.3) is 5.91 Å². The van der Waals surface area contributed by atoms with Gasteiger partial charge >= 0.3 is 12.1 Å². The van der Waals surface area contributed by atoms with Crippen LogP contribution in [-0.4, -0.2) is 40.2 Å². The van der Waals surface area contributed by atoms with Gasteiger partial charge in [0.05, 0.1) is 18.0 Å². The first-order chi connectivity index (χ1) is 13.1. The van der Waals surface area contributed by atoms with Crippen molar-refractivity contribution in [2.75, 3.05) is 11.5 Å². The maximum absolute atomic E-state index is 13.1. The average molecular weight is 397 g/mol. The SMILES string of the molecule is CCOC(=O)C(C)N1C(=O)C(C)Oc2cc(-n3ccnc3C(F)(F)F)ccc21. The lowest BCUT2D eigenvalue weighted by Gasteiger charge is -2.36. The highest BCUT2D eigenvalue weighted by molar-refractivity contribution is 6.04. The number of carbonyl (C=O) groups excluding carboxylic acids is 2. The van der Waals surface area contributed by atoms with Crippen LogP contribution in [0.3, 0.4) is 0 Å². The van der Waals surface area contributed by atoms with Gasteiger partial charge in [0.15, 0.2) is 6.10 Å². The zero-order valence-electron chi connectivity index (χ0n) is 15.4. The van der Waals surface area contributed by atoms with Crippen LogP contribution in [0, 0.1) is 0 Å². The lowest BCUT2D eigenvalue weighted by Crippen LogP contribution is -2.51. The summed E-state index contributed by atoms with van der Waals surface area (Å²) in [4.78, 5) is 29.3. The molecule has 1 aliphatic rings. The smallest absolute Gasteiger partial charge is 0.450 e. The Balaban J connectivity index is 2.04. The Kier molecular flexibility index (Phi) is 5.05. The van der Waals surface area contributed by atoms with Crippen LogP contribution >= 0.6 is 0 Å². The van der Waals surface area contributed by atoms with E-state index in [1.165, 1.54) is 43.1 Å². The summed E-state index contributed by atoms with van der Waals surface area (Å²) < 4.78 is 50.8. The minimum Gasteiger partial charge on any atom is -0.479 e. The average Bonchev–Trinajstić information content (AvgIpc) is 3.12. The molecule has 0 spiro atoms. The van der Waals surface area contributed by atoms with Crippen molar-refractivity contribution in [1.29, 1.82) is 0 Å². The van der Waals surface area contributed by atoms with Gasteiger partial charge in [0, 0.05) is 18.5 Å².